The van der Waals surface area contributed by atoms with Crippen LogP contribution >= 0.6 is 0 Å². The first-order chi connectivity index (χ1) is 12.9. The molecule has 0 aliphatic heterocycles. The van der Waals surface area contributed by atoms with Crippen LogP contribution < -0.4 is 10.9 Å². The van der Waals surface area contributed by atoms with Crippen LogP contribution in [-0.4, -0.2) is 35.3 Å². The molecular formula is C21H21N3O3. The molecule has 6 heteroatoms. The summed E-state index contributed by atoms with van der Waals surface area (Å²) in [5, 5.41) is 4.05. The Hall–Kier alpha value is -3.41. The van der Waals surface area contributed by atoms with Gasteiger partial charge in [-0.15, -0.1) is 0 Å². The summed E-state index contributed by atoms with van der Waals surface area (Å²) in [6.45, 7) is 3.70. The molecule has 1 heterocycles. The molecular weight excluding hydrogens is 342 g/mol. The van der Waals surface area contributed by atoms with Crippen molar-refractivity contribution < 1.29 is 9.59 Å². The predicted octanol–water partition coefficient (Wildman–Crippen LogP) is 2.86. The first-order valence-electron chi connectivity index (χ1n) is 8.60. The zero-order chi connectivity index (χ0) is 19.6. The van der Waals surface area contributed by atoms with E-state index in [9.17, 15) is 14.4 Å². The minimum atomic E-state index is -0.422. The number of para-hydroxylation sites is 1. The van der Waals surface area contributed by atoms with Crippen molar-refractivity contribution in [2.24, 2.45) is 0 Å². The molecule has 0 radical (unpaired) electrons. The smallest absolute Gasteiger partial charge is 0.270 e. The minimum Gasteiger partial charge on any atom is -0.331 e. The van der Waals surface area contributed by atoms with Crippen molar-refractivity contribution >= 4 is 28.3 Å². The summed E-state index contributed by atoms with van der Waals surface area (Å²) >= 11 is 0. The summed E-state index contributed by atoms with van der Waals surface area (Å²) in [6.07, 6.45) is 0. The van der Waals surface area contributed by atoms with Crippen molar-refractivity contribution in [1.82, 2.24) is 9.88 Å². The summed E-state index contributed by atoms with van der Waals surface area (Å²) in [7, 11) is 1.53. The zero-order valence-corrected chi connectivity index (χ0v) is 15.5. The SMILES string of the molecule is Cc1cccc(C)c1NC(=O)CN(C)C(=O)c1cc2ccccc2c(=O)[nH]1. The number of amides is 2. The molecule has 2 N–H and O–H groups in total. The van der Waals surface area contributed by atoms with Gasteiger partial charge >= 0.3 is 0 Å². The molecule has 0 bridgehead atoms. The second-order valence-corrected chi connectivity index (χ2v) is 6.58. The molecule has 0 saturated carbocycles. The van der Waals surface area contributed by atoms with Gasteiger partial charge in [0.05, 0.1) is 6.54 Å². The van der Waals surface area contributed by atoms with E-state index in [1.165, 1.54) is 11.9 Å². The molecule has 0 unspecified atom stereocenters. The Morgan fingerprint density at radius 1 is 1.04 bits per heavy atom. The standard InChI is InChI=1S/C21H21N3O3/c1-13-7-6-8-14(2)19(13)23-18(25)12-24(3)21(27)17-11-15-9-4-5-10-16(15)20(26)22-17/h4-11H,12H2,1-3H3,(H,22,26)(H,23,25). The molecule has 27 heavy (non-hydrogen) atoms. The first kappa shape index (κ1) is 18.4. The normalized spacial score (nSPS) is 10.6. The number of anilines is 1. The number of nitrogens with one attached hydrogen (secondary N) is 2. The monoisotopic (exact) mass is 363 g/mol. The highest BCUT2D eigenvalue weighted by Crippen LogP contribution is 2.19. The average Bonchev–Trinajstić information content (AvgIpc) is 2.64. The number of benzene rings is 2. The molecule has 2 amide bonds. The van der Waals surface area contributed by atoms with E-state index in [2.05, 4.69) is 10.3 Å². The van der Waals surface area contributed by atoms with Crippen molar-refractivity contribution in [2.75, 3.05) is 18.9 Å². The van der Waals surface area contributed by atoms with Gasteiger partial charge in [-0.25, -0.2) is 0 Å². The second-order valence-electron chi connectivity index (χ2n) is 6.58. The van der Waals surface area contributed by atoms with E-state index in [-0.39, 0.29) is 23.7 Å². The highest BCUT2D eigenvalue weighted by atomic mass is 16.2. The third kappa shape index (κ3) is 3.89. The summed E-state index contributed by atoms with van der Waals surface area (Å²) in [5.74, 6) is -0.721. The number of aromatic amines is 1. The molecule has 0 atom stereocenters. The molecule has 2 aromatic carbocycles. The van der Waals surface area contributed by atoms with Gasteiger partial charge in [0.2, 0.25) is 5.91 Å². The van der Waals surface area contributed by atoms with E-state index in [4.69, 9.17) is 0 Å². The predicted molar refractivity (Wildman–Crippen MR) is 106 cm³/mol. The molecule has 3 rings (SSSR count). The highest BCUT2D eigenvalue weighted by Gasteiger charge is 2.17. The Morgan fingerprint density at radius 3 is 2.41 bits per heavy atom. The van der Waals surface area contributed by atoms with Crippen molar-refractivity contribution in [3.8, 4) is 0 Å². The number of rotatable bonds is 4. The van der Waals surface area contributed by atoms with Gasteiger partial charge in [0.15, 0.2) is 0 Å². The van der Waals surface area contributed by atoms with Gasteiger partial charge < -0.3 is 15.2 Å². The van der Waals surface area contributed by atoms with Crippen LogP contribution in [0.25, 0.3) is 10.8 Å². The number of aryl methyl sites for hydroxylation is 2. The fourth-order valence-electron chi connectivity index (χ4n) is 3.01. The Labute approximate surface area is 156 Å². The molecule has 138 valence electrons. The molecule has 6 nitrogen and oxygen atoms in total. The topological polar surface area (TPSA) is 82.3 Å². The number of aromatic nitrogens is 1. The number of carbonyl (C=O) groups is 2. The number of nitrogens with zero attached hydrogens (tertiary/aromatic N) is 1. The third-order valence-electron chi connectivity index (χ3n) is 4.46. The van der Waals surface area contributed by atoms with Crippen LogP contribution in [0.2, 0.25) is 0 Å². The summed E-state index contributed by atoms with van der Waals surface area (Å²) < 4.78 is 0. The van der Waals surface area contributed by atoms with E-state index in [1.54, 1.807) is 30.3 Å². The number of H-pyrrole nitrogens is 1. The molecule has 0 aliphatic rings. The Balaban J connectivity index is 1.76. The maximum absolute atomic E-state index is 12.6. The maximum atomic E-state index is 12.6. The van der Waals surface area contributed by atoms with E-state index in [0.717, 1.165) is 16.8 Å². The van der Waals surface area contributed by atoms with Gasteiger partial charge in [-0.05, 0) is 42.5 Å². The summed E-state index contributed by atoms with van der Waals surface area (Å²) in [5.41, 5.74) is 2.49. The number of pyridine rings is 1. The van der Waals surface area contributed by atoms with Gasteiger partial charge in [-0.3, -0.25) is 14.4 Å². The first-order valence-corrected chi connectivity index (χ1v) is 8.60. The van der Waals surface area contributed by atoms with Crippen molar-refractivity contribution in [3.63, 3.8) is 0 Å². The summed E-state index contributed by atoms with van der Waals surface area (Å²) in [4.78, 5) is 41.0. The number of hydrogen-bond acceptors (Lipinski definition) is 3. The summed E-state index contributed by atoms with van der Waals surface area (Å²) in [6, 6.07) is 14.4. The van der Waals surface area contributed by atoms with Crippen LogP contribution in [0.3, 0.4) is 0 Å². The molecule has 0 spiro atoms. The fraction of sp³-hybridized carbons (Fsp3) is 0.190. The van der Waals surface area contributed by atoms with E-state index in [1.807, 2.05) is 32.0 Å². The van der Waals surface area contributed by atoms with Crippen LogP contribution in [0.1, 0.15) is 21.6 Å². The number of fused-ring (bicyclic) bond motifs is 1. The molecule has 0 aliphatic carbocycles. The molecule has 0 fully saturated rings. The molecule has 1 aromatic heterocycles. The average molecular weight is 363 g/mol. The Morgan fingerprint density at radius 2 is 1.70 bits per heavy atom. The van der Waals surface area contributed by atoms with Gasteiger partial charge in [-0.2, -0.15) is 0 Å². The van der Waals surface area contributed by atoms with Gasteiger partial charge in [0.1, 0.15) is 5.69 Å². The third-order valence-corrected chi connectivity index (χ3v) is 4.46. The number of carbonyl (C=O) groups excluding carboxylic acids is 2. The molecule has 3 aromatic rings. The lowest BCUT2D eigenvalue weighted by Gasteiger charge is -2.18. The van der Waals surface area contributed by atoms with Gasteiger partial charge in [-0.1, -0.05) is 36.4 Å². The largest absolute Gasteiger partial charge is 0.331 e. The van der Waals surface area contributed by atoms with Crippen LogP contribution in [0.5, 0.6) is 0 Å². The minimum absolute atomic E-state index is 0.124. The molecule has 0 saturated heterocycles. The van der Waals surface area contributed by atoms with Crippen molar-refractivity contribution in [1.29, 1.82) is 0 Å². The quantitative estimate of drug-likeness (QED) is 0.748. The highest BCUT2D eigenvalue weighted by molar-refractivity contribution is 6.00. The van der Waals surface area contributed by atoms with Crippen molar-refractivity contribution in [3.05, 3.63) is 75.7 Å². The lowest BCUT2D eigenvalue weighted by Crippen LogP contribution is -2.36. The fourth-order valence-corrected chi connectivity index (χ4v) is 3.01. The zero-order valence-electron chi connectivity index (χ0n) is 15.5. The lowest BCUT2D eigenvalue weighted by atomic mass is 10.1. The van der Waals surface area contributed by atoms with Gasteiger partial charge in [0.25, 0.3) is 11.5 Å². The second kappa shape index (κ2) is 7.45. The number of hydrogen-bond donors (Lipinski definition) is 2. The maximum Gasteiger partial charge on any atom is 0.270 e. The Kier molecular flexibility index (Phi) is 5.07. The van der Waals surface area contributed by atoms with Crippen molar-refractivity contribution in [2.45, 2.75) is 13.8 Å². The van der Waals surface area contributed by atoms with Gasteiger partial charge in [0, 0.05) is 18.1 Å². The lowest BCUT2D eigenvalue weighted by molar-refractivity contribution is -0.116. The van der Waals surface area contributed by atoms with Crippen LogP contribution in [0.4, 0.5) is 5.69 Å². The van der Waals surface area contributed by atoms with Crippen LogP contribution in [-0.2, 0) is 4.79 Å². The van der Waals surface area contributed by atoms with E-state index < -0.39 is 5.91 Å². The van der Waals surface area contributed by atoms with E-state index in [0.29, 0.717) is 10.8 Å². The Bertz CT molecular complexity index is 1070. The van der Waals surface area contributed by atoms with Crippen LogP contribution in [0, 0.1) is 13.8 Å². The van der Waals surface area contributed by atoms with E-state index >= 15 is 0 Å². The number of likely N-dealkylation sites (N-methyl/N-ethyl adjacent to an activating group) is 1. The van der Waals surface area contributed by atoms with Crippen LogP contribution in [0.15, 0.2) is 53.3 Å².